The molecule has 1 heterocycles. The van der Waals surface area contributed by atoms with Gasteiger partial charge in [0.05, 0.1) is 16.4 Å². The molecule has 4 heteroatoms. The topological polar surface area (TPSA) is 17.8 Å². The molecule has 2 aromatic rings. The molecular formula is C14H16ClFN2. The second-order valence-corrected chi connectivity index (χ2v) is 5.79. The van der Waals surface area contributed by atoms with E-state index in [9.17, 15) is 4.39 Å². The average Bonchev–Trinajstić information content (AvgIpc) is 2.56. The molecule has 18 heavy (non-hydrogen) atoms. The zero-order valence-electron chi connectivity index (χ0n) is 10.6. The lowest BCUT2D eigenvalue weighted by molar-refractivity contribution is 0.313. The zero-order chi connectivity index (χ0) is 12.9. The van der Waals surface area contributed by atoms with Crippen molar-refractivity contribution in [3.8, 4) is 0 Å². The molecule has 1 unspecified atom stereocenters. The van der Waals surface area contributed by atoms with Gasteiger partial charge < -0.3 is 4.57 Å². The molecule has 1 fully saturated rings. The molecule has 0 radical (unpaired) electrons. The van der Waals surface area contributed by atoms with Crippen molar-refractivity contribution in [3.05, 3.63) is 29.3 Å². The normalized spacial score (nSPS) is 18.0. The van der Waals surface area contributed by atoms with Crippen LogP contribution < -0.4 is 0 Å². The second-order valence-electron chi connectivity index (χ2n) is 5.13. The Bertz CT molecular complexity index is 599. The molecule has 1 atom stereocenters. The fourth-order valence-electron chi connectivity index (χ4n) is 2.55. The summed E-state index contributed by atoms with van der Waals surface area (Å²) in [5.74, 6) is 0.663. The van der Waals surface area contributed by atoms with E-state index >= 15 is 0 Å². The van der Waals surface area contributed by atoms with E-state index in [1.165, 1.54) is 25.3 Å². The predicted molar refractivity (Wildman–Crippen MR) is 71.6 cm³/mol. The molecule has 2 nitrogen and oxygen atoms in total. The van der Waals surface area contributed by atoms with Gasteiger partial charge in [-0.25, -0.2) is 9.37 Å². The maximum absolute atomic E-state index is 13.6. The highest BCUT2D eigenvalue weighted by Gasteiger charge is 2.26. The maximum atomic E-state index is 13.6. The largest absolute Gasteiger partial charge is 0.324 e. The molecule has 0 N–H and O–H groups in total. The summed E-state index contributed by atoms with van der Waals surface area (Å²) in [5.41, 5.74) is 2.39. The van der Waals surface area contributed by atoms with E-state index in [2.05, 4.69) is 9.55 Å². The Morgan fingerprint density at radius 2 is 2.17 bits per heavy atom. The minimum Gasteiger partial charge on any atom is -0.324 e. The number of fused-ring (bicyclic) bond motifs is 1. The average molecular weight is 267 g/mol. The van der Waals surface area contributed by atoms with Crippen LogP contribution in [-0.4, -0.2) is 9.55 Å². The van der Waals surface area contributed by atoms with Crippen molar-refractivity contribution in [2.75, 3.05) is 0 Å². The first-order valence-electron chi connectivity index (χ1n) is 6.40. The number of rotatable bonds is 2. The molecule has 0 spiro atoms. The van der Waals surface area contributed by atoms with Crippen LogP contribution in [0.15, 0.2) is 12.1 Å². The lowest BCUT2D eigenvalue weighted by Gasteiger charge is -2.29. The molecule has 0 aliphatic heterocycles. The summed E-state index contributed by atoms with van der Waals surface area (Å²) >= 11 is 6.21. The van der Waals surface area contributed by atoms with Gasteiger partial charge in [0.25, 0.3) is 0 Å². The molecule has 1 aliphatic carbocycles. The molecule has 1 saturated carbocycles. The van der Waals surface area contributed by atoms with Crippen molar-refractivity contribution in [1.82, 2.24) is 9.55 Å². The predicted octanol–water partition coefficient (Wildman–Crippen LogP) is 4.51. The number of hydrogen-bond acceptors (Lipinski definition) is 1. The smallest absolute Gasteiger partial charge is 0.128 e. The fraction of sp³-hybridized carbons (Fsp3) is 0.500. The minimum absolute atomic E-state index is 0.152. The van der Waals surface area contributed by atoms with Crippen LogP contribution in [0.4, 0.5) is 4.39 Å². The third-order valence-corrected chi connectivity index (χ3v) is 3.99. The summed E-state index contributed by atoms with van der Waals surface area (Å²) in [5, 5.41) is -0.152. The highest BCUT2D eigenvalue weighted by atomic mass is 35.5. The Kier molecular flexibility index (Phi) is 2.81. The third-order valence-electron chi connectivity index (χ3n) is 3.79. The summed E-state index contributed by atoms with van der Waals surface area (Å²) in [6.45, 7) is 3.71. The van der Waals surface area contributed by atoms with Crippen molar-refractivity contribution in [2.24, 2.45) is 0 Å². The van der Waals surface area contributed by atoms with E-state index < -0.39 is 0 Å². The van der Waals surface area contributed by atoms with Crippen molar-refractivity contribution in [3.63, 3.8) is 0 Å². The summed E-state index contributed by atoms with van der Waals surface area (Å²) in [4.78, 5) is 4.51. The van der Waals surface area contributed by atoms with Gasteiger partial charge in [0.1, 0.15) is 11.6 Å². The Morgan fingerprint density at radius 3 is 2.72 bits per heavy atom. The van der Waals surface area contributed by atoms with Crippen molar-refractivity contribution in [1.29, 1.82) is 0 Å². The van der Waals surface area contributed by atoms with Gasteiger partial charge in [-0.3, -0.25) is 0 Å². The number of imidazole rings is 1. The molecule has 0 amide bonds. The van der Waals surface area contributed by atoms with E-state index in [1.807, 2.05) is 13.0 Å². The molecule has 1 aromatic carbocycles. The zero-order valence-corrected chi connectivity index (χ0v) is 11.3. The Labute approximate surface area is 111 Å². The lowest BCUT2D eigenvalue weighted by atomic mass is 9.92. The summed E-state index contributed by atoms with van der Waals surface area (Å²) in [7, 11) is 0. The Balaban J connectivity index is 2.26. The molecular weight excluding hydrogens is 251 g/mol. The number of hydrogen-bond donors (Lipinski definition) is 0. The van der Waals surface area contributed by atoms with Crippen LogP contribution in [0.2, 0.25) is 0 Å². The first-order chi connectivity index (χ1) is 8.58. The van der Waals surface area contributed by atoms with Gasteiger partial charge >= 0.3 is 0 Å². The van der Waals surface area contributed by atoms with Gasteiger partial charge in [-0.15, -0.1) is 11.6 Å². The lowest BCUT2D eigenvalue weighted by Crippen LogP contribution is -2.19. The molecule has 96 valence electrons. The number of aryl methyl sites for hydroxylation is 1. The monoisotopic (exact) mass is 266 g/mol. The van der Waals surface area contributed by atoms with Crippen LogP contribution >= 0.6 is 11.6 Å². The van der Waals surface area contributed by atoms with Crippen LogP contribution in [0.1, 0.15) is 49.0 Å². The maximum Gasteiger partial charge on any atom is 0.128 e. The Hall–Kier alpha value is -1.09. The van der Waals surface area contributed by atoms with Crippen LogP contribution in [0.25, 0.3) is 11.0 Å². The highest BCUT2D eigenvalue weighted by molar-refractivity contribution is 6.20. The number of aromatic nitrogens is 2. The van der Waals surface area contributed by atoms with E-state index in [1.54, 1.807) is 6.92 Å². The van der Waals surface area contributed by atoms with Gasteiger partial charge in [-0.1, -0.05) is 0 Å². The number of benzene rings is 1. The van der Waals surface area contributed by atoms with Gasteiger partial charge in [-0.05, 0) is 44.7 Å². The van der Waals surface area contributed by atoms with Gasteiger partial charge in [0.15, 0.2) is 0 Å². The molecule has 1 aromatic heterocycles. The Morgan fingerprint density at radius 1 is 1.44 bits per heavy atom. The van der Waals surface area contributed by atoms with Gasteiger partial charge in [0.2, 0.25) is 0 Å². The van der Waals surface area contributed by atoms with Crippen LogP contribution in [0, 0.1) is 12.7 Å². The minimum atomic E-state index is -0.200. The SMILES string of the molecule is Cc1cc2c(cc1F)nc(C(C)Cl)n2C1CCC1. The van der Waals surface area contributed by atoms with Gasteiger partial charge in [0, 0.05) is 12.1 Å². The number of alkyl halides is 1. The third kappa shape index (κ3) is 1.72. The first kappa shape index (κ1) is 12.0. The van der Waals surface area contributed by atoms with Gasteiger partial charge in [-0.2, -0.15) is 0 Å². The molecule has 0 saturated heterocycles. The summed E-state index contributed by atoms with van der Waals surface area (Å²) in [6, 6.07) is 3.89. The quantitative estimate of drug-likeness (QED) is 0.732. The van der Waals surface area contributed by atoms with Crippen molar-refractivity contribution in [2.45, 2.75) is 44.5 Å². The summed E-state index contributed by atoms with van der Waals surface area (Å²) in [6.07, 6.45) is 3.58. The standard InChI is InChI=1S/C14H16ClFN2/c1-8-6-13-12(7-11(8)16)17-14(9(2)15)18(13)10-4-3-5-10/h6-7,9-10H,3-5H2,1-2H3. The summed E-state index contributed by atoms with van der Waals surface area (Å²) < 4.78 is 15.8. The number of halogens is 2. The molecule has 0 bridgehead atoms. The van der Waals surface area contributed by atoms with Crippen LogP contribution in [-0.2, 0) is 0 Å². The second kappa shape index (κ2) is 4.23. The van der Waals surface area contributed by atoms with Crippen molar-refractivity contribution < 1.29 is 4.39 Å². The van der Waals surface area contributed by atoms with E-state index in [0.29, 0.717) is 17.1 Å². The van der Waals surface area contributed by atoms with Crippen LogP contribution in [0.3, 0.4) is 0 Å². The van der Waals surface area contributed by atoms with E-state index in [4.69, 9.17) is 11.6 Å². The van der Waals surface area contributed by atoms with Crippen molar-refractivity contribution >= 4 is 22.6 Å². The molecule has 3 rings (SSSR count). The fourth-order valence-corrected chi connectivity index (χ4v) is 2.70. The highest BCUT2D eigenvalue weighted by Crippen LogP contribution is 2.38. The van der Waals surface area contributed by atoms with E-state index in [-0.39, 0.29) is 11.2 Å². The van der Waals surface area contributed by atoms with Crippen LogP contribution in [0.5, 0.6) is 0 Å². The molecule has 1 aliphatic rings. The van der Waals surface area contributed by atoms with E-state index in [0.717, 1.165) is 11.3 Å². The first-order valence-corrected chi connectivity index (χ1v) is 6.83. The number of nitrogens with zero attached hydrogens (tertiary/aromatic N) is 2.